The molecule has 5 heteroatoms. The van der Waals surface area contributed by atoms with E-state index in [1.54, 1.807) is 10.9 Å². The molecular formula is C16H22N4O. The molecule has 1 amide bonds. The maximum Gasteiger partial charge on any atom is 0.255 e. The van der Waals surface area contributed by atoms with Crippen molar-refractivity contribution in [1.82, 2.24) is 15.1 Å². The number of benzene rings is 1. The zero-order chi connectivity index (χ0) is 15.6. The molecule has 0 aliphatic carbocycles. The van der Waals surface area contributed by atoms with Gasteiger partial charge in [-0.2, -0.15) is 5.10 Å². The molecule has 0 atom stereocenters. The number of nitrogens with zero attached hydrogens (tertiary/aromatic N) is 2. The van der Waals surface area contributed by atoms with Gasteiger partial charge in [-0.05, 0) is 43.0 Å². The van der Waals surface area contributed by atoms with Crippen LogP contribution in [-0.2, 0) is 20.1 Å². The van der Waals surface area contributed by atoms with Crippen LogP contribution in [0.15, 0.2) is 18.3 Å². The van der Waals surface area contributed by atoms with Crippen LogP contribution >= 0.6 is 0 Å². The van der Waals surface area contributed by atoms with Gasteiger partial charge in [-0.3, -0.25) is 9.48 Å². The van der Waals surface area contributed by atoms with Gasteiger partial charge in [-0.1, -0.05) is 12.1 Å². The highest BCUT2D eigenvalue weighted by Gasteiger charge is 2.13. The van der Waals surface area contributed by atoms with Crippen LogP contribution in [-0.4, -0.2) is 15.7 Å². The van der Waals surface area contributed by atoms with E-state index in [1.807, 2.05) is 27.8 Å². The molecule has 0 fully saturated rings. The Balaban J connectivity index is 2.13. The molecule has 21 heavy (non-hydrogen) atoms. The second-order valence-electron chi connectivity index (χ2n) is 5.40. The first-order valence-corrected chi connectivity index (χ1v) is 7.00. The van der Waals surface area contributed by atoms with Gasteiger partial charge in [-0.25, -0.2) is 0 Å². The number of amides is 1. The van der Waals surface area contributed by atoms with Crippen molar-refractivity contribution in [2.45, 2.75) is 33.9 Å². The van der Waals surface area contributed by atoms with E-state index in [9.17, 15) is 4.79 Å². The lowest BCUT2D eigenvalue weighted by molar-refractivity contribution is 0.0950. The molecule has 0 unspecified atom stereocenters. The molecule has 112 valence electrons. The van der Waals surface area contributed by atoms with E-state index >= 15 is 0 Å². The molecule has 5 nitrogen and oxygen atoms in total. The first-order valence-electron chi connectivity index (χ1n) is 7.00. The average molecular weight is 286 g/mol. The molecule has 1 aromatic carbocycles. The number of nitrogens with one attached hydrogen (secondary N) is 1. The van der Waals surface area contributed by atoms with E-state index < -0.39 is 0 Å². The third kappa shape index (κ3) is 3.31. The minimum Gasteiger partial charge on any atom is -0.348 e. The van der Waals surface area contributed by atoms with Crippen LogP contribution in [0, 0.1) is 20.8 Å². The van der Waals surface area contributed by atoms with Gasteiger partial charge in [0.25, 0.3) is 5.91 Å². The Labute approximate surface area is 125 Å². The van der Waals surface area contributed by atoms with Gasteiger partial charge in [0.15, 0.2) is 0 Å². The predicted molar refractivity (Wildman–Crippen MR) is 82.9 cm³/mol. The maximum atomic E-state index is 12.2. The zero-order valence-corrected chi connectivity index (χ0v) is 13.0. The van der Waals surface area contributed by atoms with E-state index in [1.165, 1.54) is 0 Å². The second-order valence-corrected chi connectivity index (χ2v) is 5.40. The number of nitrogens with two attached hydrogens (primary N) is 1. The van der Waals surface area contributed by atoms with Crippen LogP contribution in [0.4, 0.5) is 0 Å². The average Bonchev–Trinajstić information content (AvgIpc) is 2.76. The first-order chi connectivity index (χ1) is 9.92. The predicted octanol–water partition coefficient (Wildman–Crippen LogP) is 1.73. The number of aromatic nitrogens is 2. The third-order valence-electron chi connectivity index (χ3n) is 3.68. The summed E-state index contributed by atoms with van der Waals surface area (Å²) in [5.74, 6) is -0.0951. The molecule has 1 aromatic heterocycles. The van der Waals surface area contributed by atoms with Gasteiger partial charge >= 0.3 is 0 Å². The summed E-state index contributed by atoms with van der Waals surface area (Å²) >= 11 is 0. The van der Waals surface area contributed by atoms with Crippen molar-refractivity contribution in [3.05, 3.63) is 51.8 Å². The molecule has 0 aliphatic rings. The Morgan fingerprint density at radius 2 is 1.90 bits per heavy atom. The smallest absolute Gasteiger partial charge is 0.255 e. The van der Waals surface area contributed by atoms with E-state index in [4.69, 9.17) is 5.73 Å². The van der Waals surface area contributed by atoms with Crippen molar-refractivity contribution >= 4 is 5.91 Å². The molecule has 0 aliphatic heterocycles. The first kappa shape index (κ1) is 15.3. The van der Waals surface area contributed by atoms with Gasteiger partial charge in [0.2, 0.25) is 0 Å². The summed E-state index contributed by atoms with van der Waals surface area (Å²) in [6.07, 6.45) is 1.74. The standard InChI is InChI=1S/C16H22N4O/c1-10-5-13(7-17)6-11(2)14(10)8-18-16(21)15-9-20(4)19-12(15)3/h5-6,9H,7-8,17H2,1-4H3,(H,18,21). The molecule has 0 bridgehead atoms. The van der Waals surface area contributed by atoms with Crippen molar-refractivity contribution in [3.8, 4) is 0 Å². The maximum absolute atomic E-state index is 12.2. The minimum atomic E-state index is -0.0951. The third-order valence-corrected chi connectivity index (χ3v) is 3.68. The number of hydrogen-bond acceptors (Lipinski definition) is 3. The van der Waals surface area contributed by atoms with Crippen LogP contribution in [0.5, 0.6) is 0 Å². The topological polar surface area (TPSA) is 72.9 Å². The monoisotopic (exact) mass is 286 g/mol. The van der Waals surface area contributed by atoms with Crippen molar-refractivity contribution in [2.75, 3.05) is 0 Å². The second kappa shape index (κ2) is 6.10. The molecule has 3 N–H and O–H groups in total. The van der Waals surface area contributed by atoms with Crippen molar-refractivity contribution in [1.29, 1.82) is 0 Å². The van der Waals surface area contributed by atoms with Crippen LogP contribution in [0.25, 0.3) is 0 Å². The zero-order valence-electron chi connectivity index (χ0n) is 13.0. The Morgan fingerprint density at radius 1 is 1.29 bits per heavy atom. The van der Waals surface area contributed by atoms with Gasteiger partial charge in [0.05, 0.1) is 11.3 Å². The van der Waals surface area contributed by atoms with Crippen molar-refractivity contribution in [2.24, 2.45) is 12.8 Å². The van der Waals surface area contributed by atoms with Gasteiger partial charge in [-0.15, -0.1) is 0 Å². The number of aryl methyl sites for hydroxylation is 4. The van der Waals surface area contributed by atoms with Crippen LogP contribution in [0.1, 0.15) is 38.3 Å². The minimum absolute atomic E-state index is 0.0951. The molecule has 2 rings (SSSR count). The molecular weight excluding hydrogens is 264 g/mol. The lowest BCUT2D eigenvalue weighted by atomic mass is 9.99. The Morgan fingerprint density at radius 3 is 2.38 bits per heavy atom. The van der Waals surface area contributed by atoms with Gasteiger partial charge in [0.1, 0.15) is 0 Å². The summed E-state index contributed by atoms with van der Waals surface area (Å²) < 4.78 is 1.65. The highest BCUT2D eigenvalue weighted by molar-refractivity contribution is 5.94. The summed E-state index contributed by atoms with van der Waals surface area (Å²) in [6, 6.07) is 4.15. The Hall–Kier alpha value is -2.14. The number of rotatable bonds is 4. The summed E-state index contributed by atoms with van der Waals surface area (Å²) in [4.78, 5) is 12.2. The molecule has 0 saturated carbocycles. The van der Waals surface area contributed by atoms with E-state index in [0.717, 1.165) is 27.9 Å². The van der Waals surface area contributed by atoms with Crippen LogP contribution < -0.4 is 11.1 Å². The number of carbonyl (C=O) groups is 1. The van der Waals surface area contributed by atoms with Crippen molar-refractivity contribution in [3.63, 3.8) is 0 Å². The fourth-order valence-electron chi connectivity index (χ4n) is 2.57. The van der Waals surface area contributed by atoms with Crippen LogP contribution in [0.2, 0.25) is 0 Å². The number of carbonyl (C=O) groups excluding carboxylic acids is 1. The summed E-state index contributed by atoms with van der Waals surface area (Å²) in [6.45, 7) is 6.96. The van der Waals surface area contributed by atoms with E-state index in [-0.39, 0.29) is 5.91 Å². The fraction of sp³-hybridized carbons (Fsp3) is 0.375. The Kier molecular flexibility index (Phi) is 4.43. The molecule has 0 radical (unpaired) electrons. The van der Waals surface area contributed by atoms with Gasteiger partial charge < -0.3 is 11.1 Å². The normalized spacial score (nSPS) is 10.7. The lowest BCUT2D eigenvalue weighted by Gasteiger charge is -2.13. The van der Waals surface area contributed by atoms with Gasteiger partial charge in [0, 0.05) is 26.3 Å². The van der Waals surface area contributed by atoms with Crippen molar-refractivity contribution < 1.29 is 4.79 Å². The van der Waals surface area contributed by atoms with Crippen LogP contribution in [0.3, 0.4) is 0 Å². The quantitative estimate of drug-likeness (QED) is 0.899. The summed E-state index contributed by atoms with van der Waals surface area (Å²) in [5.41, 5.74) is 11.6. The SMILES string of the molecule is Cc1cc(CN)cc(C)c1CNC(=O)c1cn(C)nc1C. The number of hydrogen-bond donors (Lipinski definition) is 2. The molecule has 0 spiro atoms. The highest BCUT2D eigenvalue weighted by atomic mass is 16.1. The van der Waals surface area contributed by atoms with E-state index in [0.29, 0.717) is 18.7 Å². The fourth-order valence-corrected chi connectivity index (χ4v) is 2.57. The summed E-state index contributed by atoms with van der Waals surface area (Å²) in [7, 11) is 1.81. The lowest BCUT2D eigenvalue weighted by Crippen LogP contribution is -2.24. The molecule has 0 saturated heterocycles. The molecule has 1 heterocycles. The molecule has 2 aromatic rings. The highest BCUT2D eigenvalue weighted by Crippen LogP contribution is 2.17. The summed E-state index contributed by atoms with van der Waals surface area (Å²) in [5, 5.41) is 7.15. The largest absolute Gasteiger partial charge is 0.348 e. The van der Waals surface area contributed by atoms with E-state index in [2.05, 4.69) is 22.5 Å². The Bertz CT molecular complexity index is 650.